The van der Waals surface area contributed by atoms with E-state index in [1.807, 2.05) is 12.1 Å². The summed E-state index contributed by atoms with van der Waals surface area (Å²) in [5.41, 5.74) is 0.610. The molecule has 0 radical (unpaired) electrons. The summed E-state index contributed by atoms with van der Waals surface area (Å²) in [5.74, 6) is -1.11. The van der Waals surface area contributed by atoms with Crippen molar-refractivity contribution in [2.45, 2.75) is 0 Å². The molecule has 0 aliphatic carbocycles. The molecule has 2 aromatic rings. The summed E-state index contributed by atoms with van der Waals surface area (Å²) >= 11 is 12.3. The number of carbonyl (C=O) groups excluding carboxylic acids is 1. The lowest BCUT2D eigenvalue weighted by atomic mass is 10.2. The first kappa shape index (κ1) is 16.7. The molecule has 0 aliphatic heterocycles. The summed E-state index contributed by atoms with van der Waals surface area (Å²) < 4.78 is 16.5. The second-order valence-electron chi connectivity index (χ2n) is 3.82. The van der Waals surface area contributed by atoms with E-state index in [-0.39, 0.29) is 5.56 Å². The van der Waals surface area contributed by atoms with Crippen LogP contribution < -0.4 is 5.32 Å². The van der Waals surface area contributed by atoms with Crippen molar-refractivity contribution in [3.8, 4) is 0 Å². The van der Waals surface area contributed by atoms with Gasteiger partial charge in [-0.25, -0.2) is 4.39 Å². The molecule has 20 heavy (non-hydrogen) atoms. The zero-order chi connectivity index (χ0) is 14.9. The van der Waals surface area contributed by atoms with Gasteiger partial charge in [-0.3, -0.25) is 4.79 Å². The van der Waals surface area contributed by atoms with Crippen molar-refractivity contribution < 1.29 is 9.18 Å². The Hall–Kier alpha value is 0.320. The SMILES string of the molecule is O=C(Nc1c(I)cc(I)cc1I)c1cc(Cl)ccc1F. The van der Waals surface area contributed by atoms with Gasteiger partial charge in [0.05, 0.1) is 11.3 Å². The minimum absolute atomic E-state index is 0.0670. The normalized spacial score (nSPS) is 10.4. The zero-order valence-electron chi connectivity index (χ0n) is 9.68. The van der Waals surface area contributed by atoms with Gasteiger partial charge in [0, 0.05) is 15.7 Å². The summed E-state index contributed by atoms with van der Waals surface area (Å²) in [5, 5.41) is 3.06. The van der Waals surface area contributed by atoms with Crippen LogP contribution in [0.25, 0.3) is 0 Å². The number of carbonyl (C=O) groups is 1. The lowest BCUT2D eigenvalue weighted by molar-refractivity contribution is 0.102. The lowest BCUT2D eigenvalue weighted by Crippen LogP contribution is -2.15. The molecule has 0 unspecified atom stereocenters. The Morgan fingerprint density at radius 2 is 1.70 bits per heavy atom. The molecule has 0 aliphatic rings. The third-order valence-corrected chi connectivity index (χ3v) is 4.98. The second-order valence-corrected chi connectivity index (χ2v) is 7.83. The molecule has 0 saturated carbocycles. The van der Waals surface area contributed by atoms with E-state index in [2.05, 4.69) is 73.1 Å². The van der Waals surface area contributed by atoms with Gasteiger partial charge >= 0.3 is 0 Å². The number of nitrogens with one attached hydrogen (secondary N) is 1. The van der Waals surface area contributed by atoms with Crippen LogP contribution in [0.4, 0.5) is 10.1 Å². The smallest absolute Gasteiger partial charge is 0.258 e. The van der Waals surface area contributed by atoms with E-state index in [1.165, 1.54) is 18.2 Å². The predicted molar refractivity (Wildman–Crippen MR) is 104 cm³/mol. The van der Waals surface area contributed by atoms with Crippen molar-refractivity contribution in [1.82, 2.24) is 0 Å². The number of benzene rings is 2. The Kier molecular flexibility index (Phi) is 5.88. The van der Waals surface area contributed by atoms with Crippen LogP contribution in [0.1, 0.15) is 10.4 Å². The molecule has 7 heteroatoms. The van der Waals surface area contributed by atoms with E-state index in [4.69, 9.17) is 11.6 Å². The fraction of sp³-hybridized carbons (Fsp3) is 0. The molecule has 1 N–H and O–H groups in total. The largest absolute Gasteiger partial charge is 0.320 e. The van der Waals surface area contributed by atoms with Crippen molar-refractivity contribution in [3.05, 3.63) is 57.4 Å². The number of amides is 1. The van der Waals surface area contributed by atoms with E-state index >= 15 is 0 Å². The summed E-state index contributed by atoms with van der Waals surface area (Å²) in [4.78, 5) is 12.2. The highest BCUT2D eigenvalue weighted by Crippen LogP contribution is 2.28. The van der Waals surface area contributed by atoms with E-state index in [9.17, 15) is 9.18 Å². The molecular weight excluding hydrogens is 621 g/mol. The monoisotopic (exact) mass is 627 g/mol. The van der Waals surface area contributed by atoms with Gasteiger partial charge in [0.25, 0.3) is 5.91 Å². The minimum atomic E-state index is -0.595. The Labute approximate surface area is 161 Å². The van der Waals surface area contributed by atoms with Crippen molar-refractivity contribution >= 4 is 91.0 Å². The number of rotatable bonds is 2. The summed E-state index contributed by atoms with van der Waals surface area (Å²) in [6, 6.07) is 7.78. The van der Waals surface area contributed by atoms with Crippen LogP contribution >= 0.6 is 79.4 Å². The quantitative estimate of drug-likeness (QED) is 0.436. The van der Waals surface area contributed by atoms with Crippen LogP contribution in [0.15, 0.2) is 30.3 Å². The van der Waals surface area contributed by atoms with Crippen LogP contribution in [0, 0.1) is 16.5 Å². The first-order chi connectivity index (χ1) is 9.38. The van der Waals surface area contributed by atoms with Crippen LogP contribution in [0.2, 0.25) is 5.02 Å². The van der Waals surface area contributed by atoms with Gasteiger partial charge in [0.15, 0.2) is 0 Å². The molecule has 0 aromatic heterocycles. The van der Waals surface area contributed by atoms with Crippen LogP contribution in [0.5, 0.6) is 0 Å². The van der Waals surface area contributed by atoms with Gasteiger partial charge in [0.2, 0.25) is 0 Å². The summed E-state index contributed by atoms with van der Waals surface area (Å²) in [7, 11) is 0. The van der Waals surface area contributed by atoms with Crippen molar-refractivity contribution in [2.24, 2.45) is 0 Å². The topological polar surface area (TPSA) is 29.1 Å². The van der Waals surface area contributed by atoms with Crippen molar-refractivity contribution in [3.63, 3.8) is 0 Å². The maximum absolute atomic E-state index is 13.7. The maximum Gasteiger partial charge on any atom is 0.258 e. The number of hydrogen-bond acceptors (Lipinski definition) is 1. The number of anilines is 1. The van der Waals surface area contributed by atoms with Crippen molar-refractivity contribution in [1.29, 1.82) is 0 Å². The highest BCUT2D eigenvalue weighted by Gasteiger charge is 2.15. The molecule has 2 rings (SSSR count). The first-order valence-electron chi connectivity index (χ1n) is 5.29. The van der Waals surface area contributed by atoms with Crippen LogP contribution in [-0.2, 0) is 0 Å². The van der Waals surface area contributed by atoms with Gasteiger partial charge in [-0.1, -0.05) is 11.6 Å². The lowest BCUT2D eigenvalue weighted by Gasteiger charge is -2.11. The van der Waals surface area contributed by atoms with Crippen LogP contribution in [-0.4, -0.2) is 5.91 Å². The Bertz CT molecular complexity index is 670. The Morgan fingerprint density at radius 3 is 2.30 bits per heavy atom. The van der Waals surface area contributed by atoms with Gasteiger partial charge in [-0.2, -0.15) is 0 Å². The van der Waals surface area contributed by atoms with Crippen LogP contribution in [0.3, 0.4) is 0 Å². The molecule has 0 spiro atoms. The van der Waals surface area contributed by atoms with Gasteiger partial charge in [-0.05, 0) is 98.1 Å². The molecule has 0 heterocycles. The van der Waals surface area contributed by atoms with E-state index < -0.39 is 11.7 Å². The van der Waals surface area contributed by atoms with Gasteiger partial charge in [0.1, 0.15) is 5.82 Å². The predicted octanol–water partition coefficient (Wildman–Crippen LogP) is 5.55. The highest BCUT2D eigenvalue weighted by molar-refractivity contribution is 14.1. The fourth-order valence-corrected chi connectivity index (χ4v) is 5.54. The van der Waals surface area contributed by atoms with E-state index in [1.54, 1.807) is 0 Å². The number of hydrogen-bond donors (Lipinski definition) is 1. The molecule has 0 atom stereocenters. The second kappa shape index (κ2) is 7.05. The standard InChI is InChI=1S/C13H6ClFI3NO/c14-6-1-2-9(15)8(3-6)13(20)19-12-10(17)4-7(16)5-11(12)18/h1-5H,(H,19,20). The molecule has 1 amide bonds. The summed E-state index contributed by atoms with van der Waals surface area (Å²) in [6.07, 6.45) is 0. The molecule has 0 fully saturated rings. The third kappa shape index (κ3) is 3.95. The van der Waals surface area contributed by atoms with Gasteiger partial charge < -0.3 is 5.32 Å². The minimum Gasteiger partial charge on any atom is -0.320 e. The fourth-order valence-electron chi connectivity index (χ4n) is 1.51. The third-order valence-electron chi connectivity index (χ3n) is 2.42. The van der Waals surface area contributed by atoms with Gasteiger partial charge in [-0.15, -0.1) is 0 Å². The zero-order valence-corrected chi connectivity index (χ0v) is 16.9. The van der Waals surface area contributed by atoms with E-state index in [0.29, 0.717) is 10.7 Å². The summed E-state index contributed by atoms with van der Waals surface area (Å²) in [6.45, 7) is 0. The Balaban J connectivity index is 2.35. The molecule has 2 aromatic carbocycles. The Morgan fingerprint density at radius 1 is 1.10 bits per heavy atom. The molecular formula is C13H6ClFI3NO. The highest BCUT2D eigenvalue weighted by atomic mass is 127. The average Bonchev–Trinajstić information content (AvgIpc) is 2.36. The average molecular weight is 627 g/mol. The first-order valence-corrected chi connectivity index (χ1v) is 8.91. The molecule has 0 saturated heterocycles. The number of halogens is 5. The molecule has 104 valence electrons. The van der Waals surface area contributed by atoms with Crippen molar-refractivity contribution in [2.75, 3.05) is 5.32 Å². The maximum atomic E-state index is 13.7. The van der Waals surface area contributed by atoms with E-state index in [0.717, 1.165) is 10.7 Å². The molecule has 0 bridgehead atoms. The molecule has 2 nitrogen and oxygen atoms in total.